The van der Waals surface area contributed by atoms with Gasteiger partial charge in [-0.25, -0.2) is 0 Å². The van der Waals surface area contributed by atoms with Crippen LogP contribution in [0, 0.1) is 6.92 Å². The van der Waals surface area contributed by atoms with E-state index in [1.807, 2.05) is 31.2 Å². The molecule has 0 unspecified atom stereocenters. The summed E-state index contributed by atoms with van der Waals surface area (Å²) >= 11 is 6.13. The van der Waals surface area contributed by atoms with E-state index in [2.05, 4.69) is 30.3 Å². The number of hydrogen-bond donors (Lipinski definition) is 1. The zero-order valence-corrected chi connectivity index (χ0v) is 13.0. The van der Waals surface area contributed by atoms with E-state index in [0.29, 0.717) is 0 Å². The van der Waals surface area contributed by atoms with Crippen LogP contribution < -0.4 is 10.2 Å². The highest BCUT2D eigenvalue weighted by molar-refractivity contribution is 6.30. The second kappa shape index (κ2) is 6.82. The molecule has 20 heavy (non-hydrogen) atoms. The molecule has 0 aliphatic carbocycles. The fourth-order valence-electron chi connectivity index (χ4n) is 2.19. The van der Waals surface area contributed by atoms with Crippen molar-refractivity contribution in [1.82, 2.24) is 5.32 Å². The van der Waals surface area contributed by atoms with Gasteiger partial charge in [-0.3, -0.25) is 0 Å². The smallest absolute Gasteiger partial charge is 0.123 e. The quantitative estimate of drug-likeness (QED) is 0.873. The number of benzene rings is 1. The average molecular weight is 293 g/mol. The van der Waals surface area contributed by atoms with Crippen molar-refractivity contribution in [2.75, 3.05) is 18.5 Å². The van der Waals surface area contributed by atoms with Crippen molar-refractivity contribution in [1.29, 1.82) is 0 Å². The second-order valence-electron chi connectivity index (χ2n) is 4.92. The normalized spacial score (nSPS) is 10.8. The fourth-order valence-corrected chi connectivity index (χ4v) is 2.36. The van der Waals surface area contributed by atoms with Crippen LogP contribution in [0.2, 0.25) is 5.02 Å². The van der Waals surface area contributed by atoms with Crippen LogP contribution in [0.5, 0.6) is 0 Å². The molecule has 0 saturated heterocycles. The predicted molar refractivity (Wildman–Crippen MR) is 84.4 cm³/mol. The Kier molecular flexibility index (Phi) is 5.10. The van der Waals surface area contributed by atoms with Gasteiger partial charge in [-0.05, 0) is 43.3 Å². The Bertz CT molecular complexity index is 565. The van der Waals surface area contributed by atoms with Crippen LogP contribution in [0.25, 0.3) is 0 Å². The zero-order chi connectivity index (χ0) is 14.5. The summed E-state index contributed by atoms with van der Waals surface area (Å²) in [6.07, 6.45) is 0. The third-order valence-electron chi connectivity index (χ3n) is 3.21. The van der Waals surface area contributed by atoms with E-state index in [4.69, 9.17) is 16.0 Å². The Labute approximate surface area is 125 Å². The van der Waals surface area contributed by atoms with Gasteiger partial charge in [0, 0.05) is 24.3 Å². The Morgan fingerprint density at radius 2 is 2.05 bits per heavy atom. The highest BCUT2D eigenvalue weighted by Gasteiger charge is 2.10. The van der Waals surface area contributed by atoms with Crippen LogP contribution in [0.4, 0.5) is 5.69 Å². The van der Waals surface area contributed by atoms with Gasteiger partial charge in [-0.2, -0.15) is 0 Å². The molecule has 2 aromatic rings. The van der Waals surface area contributed by atoms with Crippen molar-refractivity contribution < 1.29 is 4.42 Å². The number of furan rings is 1. The summed E-state index contributed by atoms with van der Waals surface area (Å²) in [6.45, 7) is 6.57. The summed E-state index contributed by atoms with van der Waals surface area (Å²) < 4.78 is 5.64. The lowest BCUT2D eigenvalue weighted by atomic mass is 10.1. The van der Waals surface area contributed by atoms with Crippen LogP contribution in [-0.2, 0) is 13.1 Å². The highest BCUT2D eigenvalue weighted by Crippen LogP contribution is 2.25. The number of halogens is 1. The van der Waals surface area contributed by atoms with Crippen molar-refractivity contribution in [3.63, 3.8) is 0 Å². The van der Waals surface area contributed by atoms with Gasteiger partial charge < -0.3 is 14.6 Å². The second-order valence-corrected chi connectivity index (χ2v) is 5.36. The van der Waals surface area contributed by atoms with E-state index in [-0.39, 0.29) is 0 Å². The molecule has 1 aromatic heterocycles. The number of hydrogen-bond acceptors (Lipinski definition) is 3. The molecular formula is C16H21ClN2O. The van der Waals surface area contributed by atoms with Gasteiger partial charge in [0.1, 0.15) is 11.5 Å². The highest BCUT2D eigenvalue weighted by atomic mass is 35.5. The molecule has 0 fully saturated rings. The van der Waals surface area contributed by atoms with Gasteiger partial charge in [0.15, 0.2) is 0 Å². The molecule has 0 bridgehead atoms. The topological polar surface area (TPSA) is 28.4 Å². The van der Waals surface area contributed by atoms with Crippen LogP contribution in [0.1, 0.15) is 24.0 Å². The summed E-state index contributed by atoms with van der Waals surface area (Å²) in [5.41, 5.74) is 2.37. The molecule has 0 aliphatic rings. The van der Waals surface area contributed by atoms with Gasteiger partial charge in [0.05, 0.1) is 6.54 Å². The molecule has 1 aromatic carbocycles. The molecule has 0 spiro atoms. The first-order chi connectivity index (χ1) is 9.60. The van der Waals surface area contributed by atoms with E-state index in [1.165, 1.54) is 5.56 Å². The van der Waals surface area contributed by atoms with Gasteiger partial charge in [0.25, 0.3) is 0 Å². The van der Waals surface area contributed by atoms with Gasteiger partial charge >= 0.3 is 0 Å². The van der Waals surface area contributed by atoms with Crippen molar-refractivity contribution >= 4 is 17.3 Å². The van der Waals surface area contributed by atoms with E-state index in [9.17, 15) is 0 Å². The van der Waals surface area contributed by atoms with Crippen molar-refractivity contribution in [2.45, 2.75) is 26.9 Å². The first-order valence-corrected chi connectivity index (χ1v) is 7.23. The largest absolute Gasteiger partial charge is 0.464 e. The molecular weight excluding hydrogens is 272 g/mol. The van der Waals surface area contributed by atoms with Crippen LogP contribution in [0.3, 0.4) is 0 Å². The number of rotatable bonds is 6. The first-order valence-electron chi connectivity index (χ1n) is 6.85. The van der Waals surface area contributed by atoms with Gasteiger partial charge in [-0.15, -0.1) is 0 Å². The summed E-state index contributed by atoms with van der Waals surface area (Å²) in [7, 11) is 2.05. The number of nitrogens with zero attached hydrogens (tertiary/aromatic N) is 1. The fraction of sp³-hybridized carbons (Fsp3) is 0.375. The minimum atomic E-state index is 0.729. The third-order valence-corrected chi connectivity index (χ3v) is 3.45. The summed E-state index contributed by atoms with van der Waals surface area (Å²) in [4.78, 5) is 2.16. The molecule has 0 saturated carbocycles. The van der Waals surface area contributed by atoms with E-state index >= 15 is 0 Å². The molecule has 0 atom stereocenters. The SMILES string of the molecule is CCNCc1ccc(Cl)cc1N(C)Cc1ccc(C)o1. The lowest BCUT2D eigenvalue weighted by Gasteiger charge is -2.22. The van der Waals surface area contributed by atoms with E-state index in [1.54, 1.807) is 0 Å². The lowest BCUT2D eigenvalue weighted by molar-refractivity contribution is 0.481. The lowest BCUT2D eigenvalue weighted by Crippen LogP contribution is -2.20. The maximum absolute atomic E-state index is 6.13. The number of aryl methyl sites for hydroxylation is 1. The van der Waals surface area contributed by atoms with Crippen molar-refractivity contribution in [2.24, 2.45) is 0 Å². The standard InChI is InChI=1S/C16H21ClN2O/c1-4-18-10-13-6-7-14(17)9-16(13)19(3)11-15-8-5-12(2)20-15/h5-9,18H,4,10-11H2,1-3H3. The predicted octanol–water partition coefficient (Wildman–Crippen LogP) is 3.99. The van der Waals surface area contributed by atoms with Crippen molar-refractivity contribution in [3.05, 3.63) is 52.4 Å². The third kappa shape index (κ3) is 3.78. The molecule has 1 N–H and O–H groups in total. The summed E-state index contributed by atoms with van der Waals surface area (Å²) in [5.74, 6) is 1.90. The number of anilines is 1. The van der Waals surface area contributed by atoms with Crippen LogP contribution >= 0.6 is 11.6 Å². The first kappa shape index (κ1) is 14.9. The Hall–Kier alpha value is -1.45. The van der Waals surface area contributed by atoms with E-state index in [0.717, 1.165) is 41.9 Å². The van der Waals surface area contributed by atoms with Crippen LogP contribution in [0.15, 0.2) is 34.7 Å². The Balaban J connectivity index is 2.18. The van der Waals surface area contributed by atoms with Gasteiger partial charge in [-0.1, -0.05) is 24.6 Å². The van der Waals surface area contributed by atoms with Gasteiger partial charge in [0.2, 0.25) is 0 Å². The molecule has 108 valence electrons. The molecule has 3 nitrogen and oxygen atoms in total. The number of nitrogens with one attached hydrogen (secondary N) is 1. The monoisotopic (exact) mass is 292 g/mol. The minimum absolute atomic E-state index is 0.729. The molecule has 0 aliphatic heterocycles. The maximum Gasteiger partial charge on any atom is 0.123 e. The summed E-state index contributed by atoms with van der Waals surface area (Å²) in [5, 5.41) is 4.11. The maximum atomic E-state index is 6.13. The van der Waals surface area contributed by atoms with Crippen molar-refractivity contribution in [3.8, 4) is 0 Å². The average Bonchev–Trinajstić information content (AvgIpc) is 2.82. The molecule has 1 heterocycles. The Morgan fingerprint density at radius 3 is 2.70 bits per heavy atom. The molecule has 2 rings (SSSR count). The zero-order valence-electron chi connectivity index (χ0n) is 12.2. The van der Waals surface area contributed by atoms with E-state index < -0.39 is 0 Å². The molecule has 0 amide bonds. The summed E-state index contributed by atoms with van der Waals surface area (Å²) in [6, 6.07) is 10.0. The minimum Gasteiger partial charge on any atom is -0.464 e. The Morgan fingerprint density at radius 1 is 1.25 bits per heavy atom. The molecule has 0 radical (unpaired) electrons. The molecule has 4 heteroatoms. The van der Waals surface area contributed by atoms with Crippen LogP contribution in [-0.4, -0.2) is 13.6 Å².